The van der Waals surface area contributed by atoms with Crippen molar-refractivity contribution in [1.29, 1.82) is 0 Å². The summed E-state index contributed by atoms with van der Waals surface area (Å²) in [7, 11) is 2.49. The molecule has 0 rings (SSSR count). The summed E-state index contributed by atoms with van der Waals surface area (Å²) < 4.78 is 13.5. The number of rotatable bonds is 4. The second-order valence-corrected chi connectivity index (χ2v) is 2.05. The zero-order chi connectivity index (χ0) is 9.56. The summed E-state index contributed by atoms with van der Waals surface area (Å²) in [6.07, 6.45) is -0.742. The fourth-order valence-corrected chi connectivity index (χ4v) is 0.486. The highest BCUT2D eigenvalue weighted by atomic mass is 16.6. The summed E-state index contributed by atoms with van der Waals surface area (Å²) in [5.74, 6) is -1.04. The summed E-state index contributed by atoms with van der Waals surface area (Å²) in [4.78, 5) is 21.2. The molecule has 0 saturated carbocycles. The van der Waals surface area contributed by atoms with Gasteiger partial charge in [-0.1, -0.05) is 0 Å². The molecule has 0 amide bonds. The lowest BCUT2D eigenvalue weighted by Crippen LogP contribution is -2.25. The van der Waals surface area contributed by atoms with E-state index in [-0.39, 0.29) is 6.61 Å². The van der Waals surface area contributed by atoms with E-state index < -0.39 is 18.0 Å². The van der Waals surface area contributed by atoms with Gasteiger partial charge in [-0.3, -0.25) is 0 Å². The molecular formula is C7H12O5. The van der Waals surface area contributed by atoms with Gasteiger partial charge in [0.15, 0.2) is 6.10 Å². The topological polar surface area (TPSA) is 61.8 Å². The normalized spacial score (nSPS) is 11.9. The summed E-state index contributed by atoms with van der Waals surface area (Å²) >= 11 is 0. The van der Waals surface area contributed by atoms with Gasteiger partial charge in [-0.15, -0.1) is 0 Å². The zero-order valence-electron chi connectivity index (χ0n) is 7.33. The molecule has 0 aromatic heterocycles. The predicted molar refractivity (Wildman–Crippen MR) is 39.4 cm³/mol. The number of hydrogen-bond acceptors (Lipinski definition) is 5. The Kier molecular flexibility index (Phi) is 5.03. The molecule has 0 aliphatic rings. The molecule has 70 valence electrons. The lowest BCUT2D eigenvalue weighted by atomic mass is 10.4. The van der Waals surface area contributed by atoms with Crippen LogP contribution in [0.4, 0.5) is 0 Å². The molecule has 0 heterocycles. The van der Waals surface area contributed by atoms with Crippen molar-refractivity contribution in [3.63, 3.8) is 0 Å². The first-order valence-corrected chi connectivity index (χ1v) is 3.38. The Labute approximate surface area is 70.6 Å². The number of carbonyl (C=O) groups excluding carboxylic acids is 2. The molecule has 1 atom stereocenters. The van der Waals surface area contributed by atoms with Crippen LogP contribution in [0.3, 0.4) is 0 Å². The molecule has 0 saturated heterocycles. The molecule has 0 aliphatic carbocycles. The van der Waals surface area contributed by atoms with Crippen LogP contribution in [0.1, 0.15) is 6.92 Å². The summed E-state index contributed by atoms with van der Waals surface area (Å²) in [5.41, 5.74) is 0. The van der Waals surface area contributed by atoms with Gasteiger partial charge in [0.2, 0.25) is 0 Å². The highest BCUT2D eigenvalue weighted by Gasteiger charge is 2.14. The molecule has 0 radical (unpaired) electrons. The minimum Gasteiger partial charge on any atom is -0.467 e. The van der Waals surface area contributed by atoms with E-state index >= 15 is 0 Å². The van der Waals surface area contributed by atoms with Crippen LogP contribution in [0.5, 0.6) is 0 Å². The Morgan fingerprint density at radius 2 is 1.83 bits per heavy atom. The van der Waals surface area contributed by atoms with Gasteiger partial charge in [0.25, 0.3) is 0 Å². The van der Waals surface area contributed by atoms with Crippen molar-refractivity contribution in [3.05, 3.63) is 0 Å². The van der Waals surface area contributed by atoms with Gasteiger partial charge in [0, 0.05) is 0 Å². The van der Waals surface area contributed by atoms with Crippen LogP contribution in [0.15, 0.2) is 0 Å². The van der Waals surface area contributed by atoms with Gasteiger partial charge in [-0.25, -0.2) is 9.59 Å². The van der Waals surface area contributed by atoms with E-state index in [0.29, 0.717) is 0 Å². The van der Waals surface area contributed by atoms with E-state index in [2.05, 4.69) is 9.47 Å². The van der Waals surface area contributed by atoms with E-state index in [1.165, 1.54) is 21.1 Å². The Morgan fingerprint density at radius 1 is 1.25 bits per heavy atom. The summed E-state index contributed by atoms with van der Waals surface area (Å²) in [6, 6.07) is 0. The van der Waals surface area contributed by atoms with Crippen molar-refractivity contribution in [2.75, 3.05) is 20.8 Å². The molecule has 5 nitrogen and oxygen atoms in total. The second-order valence-electron chi connectivity index (χ2n) is 2.05. The molecule has 0 aromatic carbocycles. The van der Waals surface area contributed by atoms with Crippen LogP contribution in [0.25, 0.3) is 0 Å². The number of hydrogen-bond donors (Lipinski definition) is 0. The van der Waals surface area contributed by atoms with E-state index in [1.807, 2.05) is 0 Å². The van der Waals surface area contributed by atoms with Crippen LogP contribution < -0.4 is 0 Å². The van der Waals surface area contributed by atoms with Crippen LogP contribution in [0.2, 0.25) is 0 Å². The monoisotopic (exact) mass is 176 g/mol. The number of esters is 2. The van der Waals surface area contributed by atoms with E-state index in [9.17, 15) is 9.59 Å². The standard InChI is InChI=1S/C7H12O5/c1-5(7(9)11-3)12-4-6(8)10-2/h5H,4H2,1-3H3/t5-/m0/s1. The van der Waals surface area contributed by atoms with Gasteiger partial charge in [0.1, 0.15) is 6.61 Å². The SMILES string of the molecule is COC(=O)CO[C@@H](C)C(=O)OC. The van der Waals surface area contributed by atoms with E-state index in [0.717, 1.165) is 0 Å². The summed E-state index contributed by atoms with van der Waals surface area (Å²) in [5, 5.41) is 0. The first kappa shape index (κ1) is 10.9. The Hall–Kier alpha value is -1.10. The fraction of sp³-hybridized carbons (Fsp3) is 0.714. The fourth-order valence-electron chi connectivity index (χ4n) is 0.486. The largest absolute Gasteiger partial charge is 0.467 e. The molecule has 0 bridgehead atoms. The zero-order valence-corrected chi connectivity index (χ0v) is 7.33. The Balaban J connectivity index is 3.63. The molecular weight excluding hydrogens is 164 g/mol. The third kappa shape index (κ3) is 3.92. The van der Waals surface area contributed by atoms with Gasteiger partial charge in [0.05, 0.1) is 14.2 Å². The average Bonchev–Trinajstić information content (AvgIpc) is 2.11. The third-order valence-corrected chi connectivity index (χ3v) is 1.21. The first-order chi connectivity index (χ1) is 5.61. The highest BCUT2D eigenvalue weighted by molar-refractivity contribution is 5.75. The maximum absolute atomic E-state index is 10.7. The van der Waals surface area contributed by atoms with Gasteiger partial charge >= 0.3 is 11.9 Å². The minimum atomic E-state index is -0.742. The minimum absolute atomic E-state index is 0.243. The van der Waals surface area contributed by atoms with Crippen molar-refractivity contribution in [2.24, 2.45) is 0 Å². The van der Waals surface area contributed by atoms with Crippen LogP contribution in [0, 0.1) is 0 Å². The maximum Gasteiger partial charge on any atom is 0.334 e. The molecule has 0 N–H and O–H groups in total. The molecule has 0 aromatic rings. The van der Waals surface area contributed by atoms with Crippen LogP contribution in [-0.4, -0.2) is 38.9 Å². The molecule has 0 aliphatic heterocycles. The van der Waals surface area contributed by atoms with Crippen LogP contribution in [-0.2, 0) is 23.8 Å². The van der Waals surface area contributed by atoms with Gasteiger partial charge in [-0.2, -0.15) is 0 Å². The third-order valence-electron chi connectivity index (χ3n) is 1.21. The lowest BCUT2D eigenvalue weighted by Gasteiger charge is -2.08. The molecule has 12 heavy (non-hydrogen) atoms. The average molecular weight is 176 g/mol. The van der Waals surface area contributed by atoms with Crippen molar-refractivity contribution >= 4 is 11.9 Å². The van der Waals surface area contributed by atoms with Crippen LogP contribution >= 0.6 is 0 Å². The molecule has 0 fully saturated rings. The van der Waals surface area contributed by atoms with Crippen molar-refractivity contribution in [1.82, 2.24) is 0 Å². The molecule has 0 unspecified atom stereocenters. The number of ether oxygens (including phenoxy) is 3. The maximum atomic E-state index is 10.7. The van der Waals surface area contributed by atoms with E-state index in [4.69, 9.17) is 4.74 Å². The Bertz CT molecular complexity index is 165. The Morgan fingerprint density at radius 3 is 2.25 bits per heavy atom. The van der Waals surface area contributed by atoms with Crippen molar-refractivity contribution in [3.8, 4) is 0 Å². The number of carbonyl (C=O) groups is 2. The van der Waals surface area contributed by atoms with Gasteiger partial charge < -0.3 is 14.2 Å². The van der Waals surface area contributed by atoms with Crippen molar-refractivity contribution in [2.45, 2.75) is 13.0 Å². The molecule has 5 heteroatoms. The van der Waals surface area contributed by atoms with Crippen molar-refractivity contribution < 1.29 is 23.8 Å². The highest BCUT2D eigenvalue weighted by Crippen LogP contribution is 1.93. The van der Waals surface area contributed by atoms with Gasteiger partial charge in [-0.05, 0) is 6.92 Å². The van der Waals surface area contributed by atoms with E-state index in [1.54, 1.807) is 0 Å². The first-order valence-electron chi connectivity index (χ1n) is 3.38. The number of methoxy groups -OCH3 is 2. The second kappa shape index (κ2) is 5.54. The quantitative estimate of drug-likeness (QED) is 0.552. The molecule has 0 spiro atoms. The summed E-state index contributed by atoms with van der Waals surface area (Å²) in [6.45, 7) is 1.25. The predicted octanol–water partition coefficient (Wildman–Crippen LogP) is -0.263. The lowest BCUT2D eigenvalue weighted by molar-refractivity contribution is -0.158. The smallest absolute Gasteiger partial charge is 0.334 e.